The molecule has 1 aromatic heterocycles. The van der Waals surface area contributed by atoms with E-state index in [4.69, 9.17) is 0 Å². The average molecular weight is 223 g/mol. The SMILES string of the molecule is CC1Nc2ccncc2N=C1c1ccccc1. The monoisotopic (exact) mass is 223 g/mol. The molecule has 1 aromatic carbocycles. The first-order chi connectivity index (χ1) is 8.34. The summed E-state index contributed by atoms with van der Waals surface area (Å²) in [5.41, 5.74) is 4.17. The van der Waals surface area contributed by atoms with E-state index in [0.29, 0.717) is 0 Å². The van der Waals surface area contributed by atoms with Crippen LogP contribution in [0.4, 0.5) is 11.4 Å². The lowest BCUT2D eigenvalue weighted by molar-refractivity contribution is 1.02. The van der Waals surface area contributed by atoms with Gasteiger partial charge in [-0.3, -0.25) is 4.98 Å². The second-order valence-electron chi connectivity index (χ2n) is 4.12. The van der Waals surface area contributed by atoms with Gasteiger partial charge in [-0.05, 0) is 18.6 Å². The Morgan fingerprint density at radius 1 is 1.12 bits per heavy atom. The predicted molar refractivity (Wildman–Crippen MR) is 70.0 cm³/mol. The van der Waals surface area contributed by atoms with Gasteiger partial charge in [0.05, 0.1) is 23.6 Å². The molecular weight excluding hydrogens is 210 g/mol. The van der Waals surface area contributed by atoms with E-state index in [1.54, 1.807) is 12.4 Å². The fourth-order valence-electron chi connectivity index (χ4n) is 2.05. The Morgan fingerprint density at radius 2 is 1.94 bits per heavy atom. The van der Waals surface area contributed by atoms with Crippen LogP contribution < -0.4 is 5.32 Å². The van der Waals surface area contributed by atoms with Crippen LogP contribution >= 0.6 is 0 Å². The molecule has 1 unspecified atom stereocenters. The molecule has 0 saturated carbocycles. The minimum absolute atomic E-state index is 0.215. The van der Waals surface area contributed by atoms with E-state index in [2.05, 4.69) is 34.3 Å². The lowest BCUT2D eigenvalue weighted by Crippen LogP contribution is -2.29. The maximum atomic E-state index is 4.69. The quantitative estimate of drug-likeness (QED) is 0.806. The Kier molecular flexibility index (Phi) is 2.37. The highest BCUT2D eigenvalue weighted by molar-refractivity contribution is 6.09. The number of rotatable bonds is 1. The molecule has 17 heavy (non-hydrogen) atoms. The minimum atomic E-state index is 0.215. The van der Waals surface area contributed by atoms with Crippen molar-refractivity contribution >= 4 is 17.1 Å². The molecule has 1 aliphatic rings. The predicted octanol–water partition coefficient (Wildman–Crippen LogP) is 3.02. The second-order valence-corrected chi connectivity index (χ2v) is 4.12. The molecule has 1 N–H and O–H groups in total. The van der Waals surface area contributed by atoms with E-state index in [1.807, 2.05) is 24.3 Å². The summed E-state index contributed by atoms with van der Waals surface area (Å²) in [6.45, 7) is 2.12. The van der Waals surface area contributed by atoms with Crippen LogP contribution in [0.1, 0.15) is 12.5 Å². The van der Waals surface area contributed by atoms with Gasteiger partial charge >= 0.3 is 0 Å². The third-order valence-electron chi connectivity index (χ3n) is 2.89. The van der Waals surface area contributed by atoms with E-state index in [1.165, 1.54) is 0 Å². The topological polar surface area (TPSA) is 37.3 Å². The smallest absolute Gasteiger partial charge is 0.105 e. The number of nitrogens with zero attached hydrogens (tertiary/aromatic N) is 2. The van der Waals surface area contributed by atoms with Crippen molar-refractivity contribution in [3.63, 3.8) is 0 Å². The van der Waals surface area contributed by atoms with Crippen LogP contribution in [0.25, 0.3) is 0 Å². The van der Waals surface area contributed by atoms with E-state index in [9.17, 15) is 0 Å². The van der Waals surface area contributed by atoms with Gasteiger partial charge in [0.15, 0.2) is 0 Å². The number of pyridine rings is 1. The summed E-state index contributed by atoms with van der Waals surface area (Å²) in [7, 11) is 0. The van der Waals surface area contributed by atoms with Gasteiger partial charge in [-0.25, -0.2) is 4.99 Å². The largest absolute Gasteiger partial charge is 0.375 e. The Labute approximate surface area is 100 Å². The zero-order valence-corrected chi connectivity index (χ0v) is 9.59. The van der Waals surface area contributed by atoms with Crippen molar-refractivity contribution in [2.75, 3.05) is 5.32 Å². The third kappa shape index (κ3) is 1.80. The number of hydrogen-bond donors (Lipinski definition) is 1. The molecule has 2 heterocycles. The highest BCUT2D eigenvalue weighted by atomic mass is 15.0. The second kappa shape index (κ2) is 4.01. The van der Waals surface area contributed by atoms with Crippen LogP contribution in [-0.2, 0) is 0 Å². The molecule has 3 nitrogen and oxygen atoms in total. The number of fused-ring (bicyclic) bond motifs is 1. The number of aromatic nitrogens is 1. The lowest BCUT2D eigenvalue weighted by atomic mass is 10.0. The first-order valence-electron chi connectivity index (χ1n) is 5.69. The molecule has 0 bridgehead atoms. The molecule has 0 saturated heterocycles. The zero-order valence-electron chi connectivity index (χ0n) is 9.59. The van der Waals surface area contributed by atoms with Crippen LogP contribution in [0.2, 0.25) is 0 Å². The van der Waals surface area contributed by atoms with Crippen molar-refractivity contribution in [2.24, 2.45) is 4.99 Å². The summed E-state index contributed by atoms with van der Waals surface area (Å²) in [5, 5.41) is 3.44. The Balaban J connectivity index is 2.10. The first kappa shape index (κ1) is 10.0. The highest BCUT2D eigenvalue weighted by Gasteiger charge is 2.19. The summed E-state index contributed by atoms with van der Waals surface area (Å²) in [6, 6.07) is 12.4. The standard InChI is InChI=1S/C14H13N3/c1-10-14(11-5-3-2-4-6-11)17-13-9-15-8-7-12(13)16-10/h2-10,16H,1H3. The van der Waals surface area contributed by atoms with Gasteiger partial charge in [-0.1, -0.05) is 30.3 Å². The van der Waals surface area contributed by atoms with E-state index in [0.717, 1.165) is 22.6 Å². The van der Waals surface area contributed by atoms with Gasteiger partial charge in [0.2, 0.25) is 0 Å². The van der Waals surface area contributed by atoms with Crippen LogP contribution in [0.3, 0.4) is 0 Å². The van der Waals surface area contributed by atoms with Crippen molar-refractivity contribution in [1.29, 1.82) is 0 Å². The summed E-state index contributed by atoms with van der Waals surface area (Å²) >= 11 is 0. The van der Waals surface area contributed by atoms with Gasteiger partial charge in [0.1, 0.15) is 5.69 Å². The summed E-state index contributed by atoms with van der Waals surface area (Å²) < 4.78 is 0. The molecular formula is C14H13N3. The van der Waals surface area contributed by atoms with Crippen molar-refractivity contribution < 1.29 is 0 Å². The first-order valence-corrected chi connectivity index (χ1v) is 5.69. The molecule has 1 aliphatic heterocycles. The van der Waals surface area contributed by atoms with Crippen LogP contribution in [0.5, 0.6) is 0 Å². The molecule has 3 rings (SSSR count). The number of nitrogens with one attached hydrogen (secondary N) is 1. The maximum Gasteiger partial charge on any atom is 0.105 e. The minimum Gasteiger partial charge on any atom is -0.375 e. The molecule has 84 valence electrons. The van der Waals surface area contributed by atoms with Crippen molar-refractivity contribution in [2.45, 2.75) is 13.0 Å². The van der Waals surface area contributed by atoms with Gasteiger partial charge in [0, 0.05) is 6.20 Å². The van der Waals surface area contributed by atoms with Gasteiger partial charge in [0.25, 0.3) is 0 Å². The molecule has 0 fully saturated rings. The van der Waals surface area contributed by atoms with Gasteiger partial charge in [-0.2, -0.15) is 0 Å². The maximum absolute atomic E-state index is 4.69. The number of aliphatic imine (C=N–C) groups is 1. The molecule has 1 atom stereocenters. The van der Waals surface area contributed by atoms with Crippen LogP contribution in [0, 0.1) is 0 Å². The van der Waals surface area contributed by atoms with E-state index < -0.39 is 0 Å². The fraction of sp³-hybridized carbons (Fsp3) is 0.143. The van der Waals surface area contributed by atoms with E-state index in [-0.39, 0.29) is 6.04 Å². The van der Waals surface area contributed by atoms with Crippen molar-refractivity contribution in [3.8, 4) is 0 Å². The average Bonchev–Trinajstić information content (AvgIpc) is 2.39. The van der Waals surface area contributed by atoms with Gasteiger partial charge in [-0.15, -0.1) is 0 Å². The van der Waals surface area contributed by atoms with Crippen molar-refractivity contribution in [1.82, 2.24) is 4.98 Å². The van der Waals surface area contributed by atoms with Crippen LogP contribution in [-0.4, -0.2) is 16.7 Å². The Hall–Kier alpha value is -2.16. The Bertz CT molecular complexity index is 561. The van der Waals surface area contributed by atoms with E-state index >= 15 is 0 Å². The molecule has 2 aromatic rings. The number of anilines is 1. The van der Waals surface area contributed by atoms with Crippen LogP contribution in [0.15, 0.2) is 53.8 Å². The Morgan fingerprint density at radius 3 is 2.76 bits per heavy atom. The molecule has 0 aliphatic carbocycles. The summed E-state index contributed by atoms with van der Waals surface area (Å²) in [4.78, 5) is 8.79. The number of benzene rings is 1. The molecule has 0 spiro atoms. The lowest BCUT2D eigenvalue weighted by Gasteiger charge is -2.24. The summed E-state index contributed by atoms with van der Waals surface area (Å²) in [6.07, 6.45) is 3.57. The molecule has 0 amide bonds. The zero-order chi connectivity index (χ0) is 11.7. The third-order valence-corrected chi connectivity index (χ3v) is 2.89. The summed E-state index contributed by atoms with van der Waals surface area (Å²) in [5.74, 6) is 0. The normalized spacial score (nSPS) is 17.9. The fourth-order valence-corrected chi connectivity index (χ4v) is 2.05. The molecule has 3 heteroatoms. The molecule has 0 radical (unpaired) electrons. The highest BCUT2D eigenvalue weighted by Crippen LogP contribution is 2.29. The van der Waals surface area contributed by atoms with Gasteiger partial charge < -0.3 is 5.32 Å². The number of hydrogen-bond acceptors (Lipinski definition) is 3. The van der Waals surface area contributed by atoms with Crippen molar-refractivity contribution in [3.05, 3.63) is 54.4 Å².